The van der Waals surface area contributed by atoms with E-state index >= 15 is 0 Å². The molecule has 0 bridgehead atoms. The van der Waals surface area contributed by atoms with Crippen molar-refractivity contribution in [3.05, 3.63) is 58.3 Å². The van der Waals surface area contributed by atoms with Gasteiger partial charge in [0.25, 0.3) is 5.91 Å². The summed E-state index contributed by atoms with van der Waals surface area (Å²) in [6, 6.07) is 11.5. The Balaban J connectivity index is 1.48. The summed E-state index contributed by atoms with van der Waals surface area (Å²) in [4.78, 5) is 20.9. The number of pyridine rings is 1. The van der Waals surface area contributed by atoms with Gasteiger partial charge in [0.05, 0.1) is 22.9 Å². The molecule has 2 atom stereocenters. The number of halogens is 2. The molecule has 6 heteroatoms. The molecule has 4 nitrogen and oxygen atoms in total. The van der Waals surface area contributed by atoms with Crippen molar-refractivity contribution in [1.82, 2.24) is 9.88 Å². The molecule has 2 aromatic rings. The number of carbonyl (C=O) groups is 1. The monoisotopic (exact) mass is 347 g/mol. The summed E-state index contributed by atoms with van der Waals surface area (Å²) < 4.78 is 0. The Bertz CT molecular complexity index is 753. The van der Waals surface area contributed by atoms with E-state index in [-0.39, 0.29) is 11.9 Å². The fraction of sp³-hybridized carbons (Fsp3) is 0.294. The van der Waals surface area contributed by atoms with Crippen molar-refractivity contribution in [2.75, 3.05) is 24.5 Å². The van der Waals surface area contributed by atoms with Gasteiger partial charge in [0.2, 0.25) is 0 Å². The van der Waals surface area contributed by atoms with E-state index in [1.807, 2.05) is 41.3 Å². The summed E-state index contributed by atoms with van der Waals surface area (Å²) in [6.07, 6.45) is 1.74. The zero-order chi connectivity index (χ0) is 16.0. The van der Waals surface area contributed by atoms with Crippen molar-refractivity contribution in [1.29, 1.82) is 0 Å². The summed E-state index contributed by atoms with van der Waals surface area (Å²) in [5, 5.41) is 0.777. The highest BCUT2D eigenvalue weighted by Crippen LogP contribution is 2.36. The first kappa shape index (κ1) is 14.8. The molecule has 0 spiro atoms. The van der Waals surface area contributed by atoms with E-state index < -0.39 is 0 Å². The SMILES string of the molecule is O=C(c1ccccc1)N1C[C@H]2CN(c3cnc(Cl)c(Cl)c3)C[C@H]21. The van der Waals surface area contributed by atoms with Gasteiger partial charge >= 0.3 is 0 Å². The van der Waals surface area contributed by atoms with E-state index in [1.165, 1.54) is 0 Å². The molecule has 2 aliphatic rings. The predicted molar refractivity (Wildman–Crippen MR) is 91.2 cm³/mol. The molecule has 0 saturated carbocycles. The van der Waals surface area contributed by atoms with Gasteiger partial charge in [-0.05, 0) is 18.2 Å². The first-order chi connectivity index (χ1) is 11.1. The van der Waals surface area contributed by atoms with Crippen LogP contribution < -0.4 is 4.90 Å². The molecule has 0 radical (unpaired) electrons. The molecule has 1 amide bonds. The molecule has 3 heterocycles. The average molecular weight is 348 g/mol. The third kappa shape index (κ3) is 2.56. The highest BCUT2D eigenvalue weighted by Gasteiger charge is 2.47. The minimum Gasteiger partial charge on any atom is -0.368 e. The van der Waals surface area contributed by atoms with Gasteiger partial charge in [-0.1, -0.05) is 41.4 Å². The molecule has 0 N–H and O–H groups in total. The third-order valence-corrected chi connectivity index (χ3v) is 5.35. The number of benzene rings is 1. The van der Waals surface area contributed by atoms with Crippen LogP contribution in [-0.4, -0.2) is 41.5 Å². The normalized spacial score (nSPS) is 22.7. The molecule has 118 valence electrons. The second-order valence-electron chi connectivity index (χ2n) is 6.02. The molecule has 4 rings (SSSR count). The van der Waals surface area contributed by atoms with Crippen LogP contribution >= 0.6 is 23.2 Å². The predicted octanol–water partition coefficient (Wildman–Crippen LogP) is 3.35. The summed E-state index contributed by atoms with van der Waals surface area (Å²) in [5.41, 5.74) is 1.71. The number of hydrogen-bond donors (Lipinski definition) is 0. The van der Waals surface area contributed by atoms with Crippen LogP contribution in [-0.2, 0) is 0 Å². The van der Waals surface area contributed by atoms with Gasteiger partial charge in [0.1, 0.15) is 5.15 Å². The average Bonchev–Trinajstić information content (AvgIpc) is 2.88. The Kier molecular flexibility index (Phi) is 3.66. The summed E-state index contributed by atoms with van der Waals surface area (Å²) >= 11 is 11.9. The van der Waals surface area contributed by atoms with Gasteiger partial charge in [-0.3, -0.25) is 4.79 Å². The minimum absolute atomic E-state index is 0.112. The number of rotatable bonds is 2. The van der Waals surface area contributed by atoms with Crippen molar-refractivity contribution in [2.45, 2.75) is 6.04 Å². The molecule has 2 saturated heterocycles. The third-order valence-electron chi connectivity index (χ3n) is 4.67. The van der Waals surface area contributed by atoms with Gasteiger partial charge in [0.15, 0.2) is 0 Å². The highest BCUT2D eigenvalue weighted by atomic mass is 35.5. The number of amides is 1. The Morgan fingerprint density at radius 2 is 1.91 bits per heavy atom. The van der Waals surface area contributed by atoms with Crippen LogP contribution in [0.4, 0.5) is 5.69 Å². The molecule has 0 unspecified atom stereocenters. The van der Waals surface area contributed by atoms with Crippen LogP contribution in [0.5, 0.6) is 0 Å². The molecule has 2 fully saturated rings. The maximum Gasteiger partial charge on any atom is 0.254 e. The first-order valence-electron chi connectivity index (χ1n) is 7.55. The number of nitrogens with zero attached hydrogens (tertiary/aromatic N) is 3. The zero-order valence-corrected chi connectivity index (χ0v) is 13.8. The standard InChI is InChI=1S/C17H15Cl2N3O/c18-14-6-13(7-20-16(14)19)21-8-12-9-22(15(12)10-21)17(23)11-4-2-1-3-5-11/h1-7,12,15H,8-10H2/t12-,15-/m1/s1. The van der Waals surface area contributed by atoms with Crippen LogP contribution in [0.25, 0.3) is 0 Å². The molecular formula is C17H15Cl2N3O. The van der Waals surface area contributed by atoms with Gasteiger partial charge in [-0.2, -0.15) is 0 Å². The van der Waals surface area contributed by atoms with Crippen LogP contribution in [0.15, 0.2) is 42.6 Å². The van der Waals surface area contributed by atoms with E-state index in [0.717, 1.165) is 30.9 Å². The van der Waals surface area contributed by atoms with Crippen LogP contribution in [0.1, 0.15) is 10.4 Å². The Hall–Kier alpha value is -1.78. The number of hydrogen-bond acceptors (Lipinski definition) is 3. The quantitative estimate of drug-likeness (QED) is 0.781. The zero-order valence-electron chi connectivity index (χ0n) is 12.3. The molecular weight excluding hydrogens is 333 g/mol. The van der Waals surface area contributed by atoms with Crippen molar-refractivity contribution in [3.8, 4) is 0 Å². The fourth-order valence-electron chi connectivity index (χ4n) is 3.41. The minimum atomic E-state index is 0.112. The fourth-order valence-corrected chi connectivity index (χ4v) is 3.68. The van der Waals surface area contributed by atoms with Crippen molar-refractivity contribution in [2.24, 2.45) is 5.92 Å². The molecule has 0 aliphatic carbocycles. The molecule has 2 aliphatic heterocycles. The Morgan fingerprint density at radius 1 is 1.13 bits per heavy atom. The maximum absolute atomic E-state index is 12.6. The molecule has 23 heavy (non-hydrogen) atoms. The van der Waals surface area contributed by atoms with Gasteiger partial charge in [-0.25, -0.2) is 4.98 Å². The number of aromatic nitrogens is 1. The first-order valence-corrected chi connectivity index (χ1v) is 8.31. The molecule has 1 aromatic heterocycles. The Labute approximate surface area is 144 Å². The second kappa shape index (κ2) is 5.69. The van der Waals surface area contributed by atoms with Crippen molar-refractivity contribution in [3.63, 3.8) is 0 Å². The van der Waals surface area contributed by atoms with Crippen LogP contribution in [0.3, 0.4) is 0 Å². The van der Waals surface area contributed by atoms with Crippen molar-refractivity contribution >= 4 is 34.8 Å². The topological polar surface area (TPSA) is 36.4 Å². The lowest BCUT2D eigenvalue weighted by atomic mass is 9.91. The summed E-state index contributed by atoms with van der Waals surface area (Å²) in [6.45, 7) is 2.54. The van der Waals surface area contributed by atoms with E-state index in [1.54, 1.807) is 6.20 Å². The van der Waals surface area contributed by atoms with E-state index in [4.69, 9.17) is 23.2 Å². The number of likely N-dealkylation sites (tertiary alicyclic amines) is 1. The number of fused-ring (bicyclic) bond motifs is 1. The van der Waals surface area contributed by atoms with Gasteiger partial charge < -0.3 is 9.80 Å². The van der Waals surface area contributed by atoms with Crippen LogP contribution in [0.2, 0.25) is 10.2 Å². The lowest BCUT2D eigenvalue weighted by Crippen LogP contribution is -2.58. The van der Waals surface area contributed by atoms with Gasteiger partial charge in [0, 0.05) is 31.1 Å². The summed E-state index contributed by atoms with van der Waals surface area (Å²) in [7, 11) is 0. The van der Waals surface area contributed by atoms with E-state index in [9.17, 15) is 4.79 Å². The van der Waals surface area contributed by atoms with Gasteiger partial charge in [-0.15, -0.1) is 0 Å². The largest absolute Gasteiger partial charge is 0.368 e. The van der Waals surface area contributed by atoms with Crippen molar-refractivity contribution < 1.29 is 4.79 Å². The van der Waals surface area contributed by atoms with E-state index in [2.05, 4.69) is 9.88 Å². The number of anilines is 1. The summed E-state index contributed by atoms with van der Waals surface area (Å²) in [5.74, 6) is 0.623. The lowest BCUT2D eigenvalue weighted by molar-refractivity contribution is 0.0328. The second-order valence-corrected chi connectivity index (χ2v) is 6.79. The smallest absolute Gasteiger partial charge is 0.254 e. The van der Waals surface area contributed by atoms with E-state index in [0.29, 0.717) is 16.1 Å². The van der Waals surface area contributed by atoms with Crippen LogP contribution in [0, 0.1) is 5.92 Å². The number of carbonyl (C=O) groups excluding carboxylic acids is 1. The maximum atomic E-state index is 12.6. The lowest BCUT2D eigenvalue weighted by Gasteiger charge is -2.43. The molecule has 1 aromatic carbocycles. The Morgan fingerprint density at radius 3 is 2.65 bits per heavy atom. The highest BCUT2D eigenvalue weighted by molar-refractivity contribution is 6.41.